The van der Waals surface area contributed by atoms with Crippen LogP contribution in [0.25, 0.3) is 5.78 Å². The van der Waals surface area contributed by atoms with Crippen molar-refractivity contribution in [2.45, 2.75) is 24.3 Å². The maximum atomic E-state index is 12.1. The number of hydrogen-bond acceptors (Lipinski definition) is 6. The summed E-state index contributed by atoms with van der Waals surface area (Å²) < 4.78 is 6.59. The molecule has 0 bridgehead atoms. The van der Waals surface area contributed by atoms with Crippen molar-refractivity contribution < 1.29 is 9.53 Å². The third-order valence-electron chi connectivity index (χ3n) is 3.34. The van der Waals surface area contributed by atoms with Crippen LogP contribution in [0.1, 0.15) is 22.2 Å². The SMILES string of the molecule is COC(=O)[C@H](Sc1nc2nc(C)cc(C)n2n1)c1ccccc1. The smallest absolute Gasteiger partial charge is 0.323 e. The number of rotatable bonds is 4. The van der Waals surface area contributed by atoms with Gasteiger partial charge in [0.1, 0.15) is 5.25 Å². The molecule has 0 saturated heterocycles. The molecule has 1 aromatic carbocycles. The van der Waals surface area contributed by atoms with Crippen molar-refractivity contribution in [2.75, 3.05) is 7.11 Å². The molecule has 0 N–H and O–H groups in total. The van der Waals surface area contributed by atoms with Crippen molar-refractivity contribution in [3.8, 4) is 0 Å². The summed E-state index contributed by atoms with van der Waals surface area (Å²) in [5.41, 5.74) is 2.68. The van der Waals surface area contributed by atoms with Crippen molar-refractivity contribution in [3.63, 3.8) is 0 Å². The Balaban J connectivity index is 1.97. The van der Waals surface area contributed by atoms with Crippen LogP contribution in [0.3, 0.4) is 0 Å². The summed E-state index contributed by atoms with van der Waals surface area (Å²) in [5.74, 6) is 0.197. The number of hydrogen-bond donors (Lipinski definition) is 0. The Morgan fingerprint density at radius 2 is 1.96 bits per heavy atom. The number of benzene rings is 1. The Labute approximate surface area is 137 Å². The molecule has 0 aliphatic heterocycles. The monoisotopic (exact) mass is 328 g/mol. The van der Waals surface area contributed by atoms with Crippen LogP contribution in [-0.4, -0.2) is 32.7 Å². The highest BCUT2D eigenvalue weighted by Gasteiger charge is 2.25. The molecule has 7 heteroatoms. The summed E-state index contributed by atoms with van der Waals surface area (Å²) in [6.45, 7) is 3.86. The Bertz CT molecular complexity index is 848. The quantitative estimate of drug-likeness (QED) is 0.542. The topological polar surface area (TPSA) is 69.4 Å². The average molecular weight is 328 g/mol. The molecule has 1 atom stereocenters. The van der Waals surface area contributed by atoms with Gasteiger partial charge in [0.2, 0.25) is 5.16 Å². The lowest BCUT2D eigenvalue weighted by Crippen LogP contribution is -2.11. The standard InChI is InChI=1S/C16H16N4O2S/c1-10-9-11(2)20-15(17-10)18-16(19-20)23-13(14(21)22-3)12-7-5-4-6-8-12/h4-9,13H,1-3H3/t13-/m1/s1. The van der Waals surface area contributed by atoms with E-state index in [1.807, 2.05) is 50.2 Å². The lowest BCUT2D eigenvalue weighted by atomic mass is 10.1. The zero-order valence-corrected chi connectivity index (χ0v) is 13.9. The van der Waals surface area contributed by atoms with Gasteiger partial charge in [0, 0.05) is 11.4 Å². The Morgan fingerprint density at radius 3 is 2.65 bits per heavy atom. The molecule has 0 aliphatic rings. The van der Waals surface area contributed by atoms with Gasteiger partial charge in [-0.3, -0.25) is 4.79 Å². The largest absolute Gasteiger partial charge is 0.468 e. The summed E-state index contributed by atoms with van der Waals surface area (Å²) in [6.07, 6.45) is 0. The van der Waals surface area contributed by atoms with E-state index in [9.17, 15) is 4.79 Å². The van der Waals surface area contributed by atoms with Gasteiger partial charge in [-0.05, 0) is 25.5 Å². The van der Waals surface area contributed by atoms with Crippen LogP contribution in [0.4, 0.5) is 0 Å². The fraction of sp³-hybridized carbons (Fsp3) is 0.250. The van der Waals surface area contributed by atoms with Crippen molar-refractivity contribution in [3.05, 3.63) is 53.3 Å². The fourth-order valence-electron chi connectivity index (χ4n) is 2.29. The predicted molar refractivity (Wildman–Crippen MR) is 87.3 cm³/mol. The molecule has 0 aliphatic carbocycles. The second-order valence-corrected chi connectivity index (χ2v) is 6.15. The molecule has 3 aromatic rings. The van der Waals surface area contributed by atoms with Crippen LogP contribution in [-0.2, 0) is 9.53 Å². The van der Waals surface area contributed by atoms with Crippen LogP contribution in [0.2, 0.25) is 0 Å². The van der Waals surface area contributed by atoms with Crippen LogP contribution in [0, 0.1) is 13.8 Å². The first-order valence-electron chi connectivity index (χ1n) is 7.09. The van der Waals surface area contributed by atoms with E-state index in [4.69, 9.17) is 4.74 Å². The number of thioether (sulfide) groups is 1. The second-order valence-electron chi connectivity index (χ2n) is 5.08. The normalized spacial score (nSPS) is 12.3. The highest BCUT2D eigenvalue weighted by Crippen LogP contribution is 2.34. The Morgan fingerprint density at radius 1 is 1.22 bits per heavy atom. The highest BCUT2D eigenvalue weighted by atomic mass is 32.2. The Kier molecular flexibility index (Phi) is 4.29. The van der Waals surface area contributed by atoms with Crippen LogP contribution in [0.15, 0.2) is 41.6 Å². The molecule has 0 fully saturated rings. The van der Waals surface area contributed by atoms with Gasteiger partial charge in [0.25, 0.3) is 5.78 Å². The van der Waals surface area contributed by atoms with Gasteiger partial charge in [0.15, 0.2) is 0 Å². The lowest BCUT2D eigenvalue weighted by Gasteiger charge is -2.12. The maximum Gasteiger partial charge on any atom is 0.323 e. The average Bonchev–Trinajstić information content (AvgIpc) is 2.95. The number of carbonyl (C=O) groups is 1. The first-order valence-corrected chi connectivity index (χ1v) is 7.97. The van der Waals surface area contributed by atoms with Gasteiger partial charge in [-0.25, -0.2) is 9.50 Å². The minimum absolute atomic E-state index is 0.332. The maximum absolute atomic E-state index is 12.1. The van der Waals surface area contributed by atoms with E-state index in [-0.39, 0.29) is 5.97 Å². The van der Waals surface area contributed by atoms with Gasteiger partial charge < -0.3 is 4.74 Å². The van der Waals surface area contributed by atoms with Crippen LogP contribution >= 0.6 is 11.8 Å². The number of ether oxygens (including phenoxy) is 1. The molecule has 0 unspecified atom stereocenters. The molecule has 0 spiro atoms. The lowest BCUT2D eigenvalue weighted by molar-refractivity contribution is -0.140. The third-order valence-corrected chi connectivity index (χ3v) is 4.42. The van der Waals surface area contributed by atoms with E-state index in [0.717, 1.165) is 17.0 Å². The van der Waals surface area contributed by atoms with Crippen molar-refractivity contribution in [1.82, 2.24) is 19.6 Å². The zero-order valence-electron chi connectivity index (χ0n) is 13.1. The van der Waals surface area contributed by atoms with Crippen LogP contribution in [0.5, 0.6) is 0 Å². The highest BCUT2D eigenvalue weighted by molar-refractivity contribution is 8.00. The van der Waals surface area contributed by atoms with Crippen molar-refractivity contribution >= 4 is 23.5 Å². The molecule has 0 saturated carbocycles. The predicted octanol–water partition coefficient (Wildman–Crippen LogP) is 2.75. The summed E-state index contributed by atoms with van der Waals surface area (Å²) in [6, 6.07) is 11.4. The van der Waals surface area contributed by atoms with E-state index in [0.29, 0.717) is 10.9 Å². The molecule has 118 valence electrons. The second kappa shape index (κ2) is 6.37. The number of aryl methyl sites for hydroxylation is 2. The number of esters is 1. The Hall–Kier alpha value is -2.41. The molecule has 0 amide bonds. The van der Waals surface area contributed by atoms with E-state index >= 15 is 0 Å². The van der Waals surface area contributed by atoms with Gasteiger partial charge in [-0.15, -0.1) is 5.10 Å². The van der Waals surface area contributed by atoms with Gasteiger partial charge in [-0.2, -0.15) is 4.98 Å². The zero-order chi connectivity index (χ0) is 16.4. The van der Waals surface area contributed by atoms with E-state index < -0.39 is 5.25 Å². The van der Waals surface area contributed by atoms with Gasteiger partial charge >= 0.3 is 5.97 Å². The van der Waals surface area contributed by atoms with Gasteiger partial charge in [0.05, 0.1) is 7.11 Å². The van der Waals surface area contributed by atoms with E-state index in [2.05, 4.69) is 15.1 Å². The van der Waals surface area contributed by atoms with Gasteiger partial charge in [-0.1, -0.05) is 42.1 Å². The number of methoxy groups -OCH3 is 1. The third kappa shape index (κ3) is 3.19. The number of carbonyl (C=O) groups excluding carboxylic acids is 1. The molecular weight excluding hydrogens is 312 g/mol. The van der Waals surface area contributed by atoms with E-state index in [1.165, 1.54) is 18.9 Å². The minimum Gasteiger partial charge on any atom is -0.468 e. The summed E-state index contributed by atoms with van der Waals surface area (Å²) in [4.78, 5) is 20.9. The molecule has 0 radical (unpaired) electrons. The van der Waals surface area contributed by atoms with E-state index in [1.54, 1.807) is 4.52 Å². The summed E-state index contributed by atoms with van der Waals surface area (Å²) in [5, 5.41) is 4.41. The summed E-state index contributed by atoms with van der Waals surface area (Å²) in [7, 11) is 1.38. The van der Waals surface area contributed by atoms with Crippen molar-refractivity contribution in [2.24, 2.45) is 0 Å². The van der Waals surface area contributed by atoms with Crippen LogP contribution < -0.4 is 0 Å². The first kappa shape index (κ1) is 15.5. The molecule has 2 heterocycles. The molecule has 23 heavy (non-hydrogen) atoms. The molecule has 3 rings (SSSR count). The molecular formula is C16H16N4O2S. The number of fused-ring (bicyclic) bond motifs is 1. The summed E-state index contributed by atoms with van der Waals surface area (Å²) >= 11 is 1.26. The minimum atomic E-state index is -0.514. The number of aromatic nitrogens is 4. The van der Waals surface area contributed by atoms with Crippen molar-refractivity contribution in [1.29, 1.82) is 0 Å². The molecule has 6 nitrogen and oxygen atoms in total. The number of nitrogens with zero attached hydrogens (tertiary/aromatic N) is 4. The molecule has 2 aromatic heterocycles. The first-order chi connectivity index (χ1) is 11.1. The fourth-order valence-corrected chi connectivity index (χ4v) is 3.25.